The number of benzene rings is 2. The number of rotatable bonds is 27. The average molecular weight is 1240 g/mol. The first-order chi connectivity index (χ1) is 34.6. The summed E-state index contributed by atoms with van der Waals surface area (Å²) in [5, 5.41) is 29.2. The van der Waals surface area contributed by atoms with Crippen LogP contribution in [0.2, 0.25) is 0 Å². The zero-order valence-electron chi connectivity index (χ0n) is 41.5. The van der Waals surface area contributed by atoms with Crippen molar-refractivity contribution in [2.24, 2.45) is 28.3 Å². The van der Waals surface area contributed by atoms with Crippen molar-refractivity contribution >= 4 is 104 Å². The molecule has 73 heavy (non-hydrogen) atoms. The number of hydrogen-bond donors (Lipinski definition) is 12. The van der Waals surface area contributed by atoms with Crippen LogP contribution in [0.5, 0.6) is 0 Å². The van der Waals surface area contributed by atoms with Crippen molar-refractivity contribution in [3.05, 3.63) is 78.9 Å². The third-order valence-corrected chi connectivity index (χ3v) is 13.8. The number of aliphatic carboxylic acids is 1. The molecular formula is C48H68I2N14O9. The lowest BCUT2D eigenvalue weighted by molar-refractivity contribution is -0.145. The van der Waals surface area contributed by atoms with E-state index >= 15 is 0 Å². The summed E-state index contributed by atoms with van der Waals surface area (Å²) >= 11 is 4.14. The van der Waals surface area contributed by atoms with E-state index in [0.29, 0.717) is 42.5 Å². The number of nitrogens with one attached hydrogen (secondary N) is 8. The van der Waals surface area contributed by atoms with Gasteiger partial charge in [0.25, 0.3) is 0 Å². The number of carboxylic acids is 1. The van der Waals surface area contributed by atoms with Gasteiger partial charge in [-0.1, -0.05) is 58.0 Å². The number of guanidine groups is 1. The molecule has 3 aromatic rings. The summed E-state index contributed by atoms with van der Waals surface area (Å²) in [5.74, 6) is -7.07. The van der Waals surface area contributed by atoms with E-state index in [0.717, 1.165) is 0 Å². The van der Waals surface area contributed by atoms with Crippen LogP contribution in [-0.4, -0.2) is 142 Å². The number of halogens is 2. The van der Waals surface area contributed by atoms with Crippen molar-refractivity contribution in [1.29, 1.82) is 0 Å². The molecule has 23 nitrogen and oxygen atoms in total. The Balaban J connectivity index is 1.59. The maximum atomic E-state index is 14.6. The molecule has 7 amide bonds. The van der Waals surface area contributed by atoms with Gasteiger partial charge in [0, 0.05) is 51.4 Å². The Morgan fingerprint density at radius 1 is 0.781 bits per heavy atom. The molecule has 25 heteroatoms. The molecule has 1 saturated heterocycles. The highest BCUT2D eigenvalue weighted by atomic mass is 127. The number of likely N-dealkylation sites (N-methyl/N-ethyl adjacent to an activating group) is 1. The Labute approximate surface area is 451 Å². The van der Waals surface area contributed by atoms with E-state index in [1.54, 1.807) is 77.2 Å². The third-order valence-electron chi connectivity index (χ3n) is 12.0. The van der Waals surface area contributed by atoms with E-state index < -0.39 is 101 Å². The maximum Gasteiger partial charge on any atom is 0.326 e. The van der Waals surface area contributed by atoms with E-state index in [-0.39, 0.29) is 57.7 Å². The molecule has 0 aliphatic carbocycles. The molecule has 398 valence electrons. The van der Waals surface area contributed by atoms with Crippen LogP contribution in [0.4, 0.5) is 5.69 Å². The second-order valence-electron chi connectivity index (χ2n) is 18.4. The van der Waals surface area contributed by atoms with E-state index in [1.165, 1.54) is 17.4 Å². The predicted molar refractivity (Wildman–Crippen MR) is 290 cm³/mol. The molecule has 0 saturated carbocycles. The summed E-state index contributed by atoms with van der Waals surface area (Å²) in [5.41, 5.74) is 19.5. The maximum absolute atomic E-state index is 14.6. The number of aromatic amines is 1. The number of likely N-dealkylation sites (tertiary alicyclic amines) is 1. The zero-order chi connectivity index (χ0) is 53.9. The minimum absolute atomic E-state index is 0.0177. The normalized spacial score (nSPS) is 15.7. The molecule has 1 aromatic heterocycles. The highest BCUT2D eigenvalue weighted by Crippen LogP contribution is 2.25. The Bertz CT molecular complexity index is 2400. The number of carbonyl (C=O) groups excluding carboxylic acids is 7. The van der Waals surface area contributed by atoms with Crippen molar-refractivity contribution < 1.29 is 43.5 Å². The first-order valence-electron chi connectivity index (χ1n) is 23.9. The SMILES string of the molecule is CNCC(=O)N[C@@H](CCCN=C(N)N)C(=O)N[C@H](C(=O)N[C@H](Cc1cc(I)c(N)c(I)c1)C(=O)N[C@H](C(=O)N[C@@H](Cc1cnc[nH]1)C(=O)N1CCC[C@H]1C(=O)N[C@@H](Cc1ccccc1)C(=O)O)C(C)C)C(C)C. The first-order valence-corrected chi connectivity index (χ1v) is 26.0. The molecule has 0 radical (unpaired) electrons. The van der Waals surface area contributed by atoms with Crippen LogP contribution in [0.1, 0.15) is 70.2 Å². The molecule has 0 spiro atoms. The first kappa shape index (κ1) is 59.5. The molecule has 2 heterocycles. The molecule has 7 atom stereocenters. The molecular weight excluding hydrogens is 1170 g/mol. The van der Waals surface area contributed by atoms with Crippen molar-refractivity contribution in [2.45, 2.75) is 115 Å². The number of aliphatic imine (C=N–C) groups is 1. The van der Waals surface area contributed by atoms with E-state index in [2.05, 4.69) is 97.4 Å². The van der Waals surface area contributed by atoms with Crippen LogP contribution < -0.4 is 54.4 Å². The second-order valence-corrected chi connectivity index (χ2v) is 20.7. The van der Waals surface area contributed by atoms with Gasteiger partial charge in [-0.15, -0.1) is 0 Å². The topological polar surface area (TPSA) is 363 Å². The molecule has 0 unspecified atom stereocenters. The van der Waals surface area contributed by atoms with Crippen LogP contribution in [0.15, 0.2) is 60.0 Å². The number of hydrogen-bond acceptors (Lipinski definition) is 12. The quantitative estimate of drug-likeness (QED) is 0.0155. The number of anilines is 1. The molecule has 0 bridgehead atoms. The standard InChI is InChI=1S/C48H68I2N14O9/c1-25(2)39(62-41(66)32(58-37(65)23-54-5)13-9-15-56-48(52)53)44(69)59-33(20-28-17-30(49)38(51)31(50)18-28)42(67)63-40(26(3)4)45(70)60-34(21-29-22-55-24-57-29)46(71)64-16-10-14-36(64)43(68)61-35(47(72)73)19-27-11-7-6-8-12-27/h6-8,11-12,17-18,22,24-26,32-36,39-40,54H,9-10,13-16,19-21,23,51H2,1-5H3,(H,55,57)(H,58,65)(H,59,69)(H,60,70)(H,61,68)(H,62,66)(H,63,67)(H,72,73)(H4,52,53,56)/t32-,33+,34-,35-,36-,39-,40-/m0/s1. The van der Waals surface area contributed by atoms with Gasteiger partial charge < -0.3 is 69.4 Å². The molecule has 1 aliphatic rings. The smallest absolute Gasteiger partial charge is 0.326 e. The minimum atomic E-state index is -1.33. The van der Waals surface area contributed by atoms with Gasteiger partial charge in [-0.05, 0) is 113 Å². The molecule has 2 aromatic carbocycles. The average Bonchev–Trinajstić information content (AvgIpc) is 4.05. The number of aromatic nitrogens is 2. The lowest BCUT2D eigenvalue weighted by Gasteiger charge is -2.31. The number of imidazole rings is 1. The minimum Gasteiger partial charge on any atom is -0.480 e. The van der Waals surface area contributed by atoms with E-state index in [9.17, 15) is 43.5 Å². The van der Waals surface area contributed by atoms with Gasteiger partial charge in [0.2, 0.25) is 41.4 Å². The molecule has 1 aliphatic heterocycles. The highest BCUT2D eigenvalue weighted by Gasteiger charge is 2.41. The molecule has 1 fully saturated rings. The number of H-pyrrole nitrogens is 1. The Morgan fingerprint density at radius 3 is 1.92 bits per heavy atom. The second kappa shape index (κ2) is 29.0. The zero-order valence-corrected chi connectivity index (χ0v) is 45.8. The van der Waals surface area contributed by atoms with E-state index in [1.807, 2.05) is 0 Å². The third kappa shape index (κ3) is 18.4. The summed E-state index contributed by atoms with van der Waals surface area (Å²) in [7, 11) is 1.57. The number of nitrogens with two attached hydrogens (primary N) is 3. The fraction of sp³-hybridized carbons (Fsp3) is 0.500. The summed E-state index contributed by atoms with van der Waals surface area (Å²) in [4.78, 5) is 123. The van der Waals surface area contributed by atoms with Gasteiger partial charge in [-0.3, -0.25) is 38.6 Å². The monoisotopic (exact) mass is 1240 g/mol. The lowest BCUT2D eigenvalue weighted by Crippen LogP contribution is -2.61. The van der Waals surface area contributed by atoms with Gasteiger partial charge in [0.15, 0.2) is 5.96 Å². The highest BCUT2D eigenvalue weighted by molar-refractivity contribution is 14.1. The van der Waals surface area contributed by atoms with Crippen LogP contribution in [0.25, 0.3) is 0 Å². The van der Waals surface area contributed by atoms with Gasteiger partial charge in [0.05, 0.1) is 18.6 Å². The number of carbonyl (C=O) groups is 8. The van der Waals surface area contributed by atoms with Gasteiger partial charge in [-0.2, -0.15) is 0 Å². The Morgan fingerprint density at radius 2 is 1.37 bits per heavy atom. The van der Waals surface area contributed by atoms with Gasteiger partial charge >= 0.3 is 5.97 Å². The van der Waals surface area contributed by atoms with E-state index in [4.69, 9.17) is 17.2 Å². The summed E-state index contributed by atoms with van der Waals surface area (Å²) < 4.78 is 1.39. The van der Waals surface area contributed by atoms with Crippen LogP contribution in [0.3, 0.4) is 0 Å². The van der Waals surface area contributed by atoms with Crippen molar-refractivity contribution in [2.75, 3.05) is 32.4 Å². The van der Waals surface area contributed by atoms with Crippen molar-refractivity contribution in [3.8, 4) is 0 Å². The van der Waals surface area contributed by atoms with Crippen LogP contribution >= 0.6 is 45.2 Å². The fourth-order valence-electron chi connectivity index (χ4n) is 8.12. The number of carboxylic acid groups (broad SMARTS) is 1. The molecule has 4 rings (SSSR count). The summed E-state index contributed by atoms with van der Waals surface area (Å²) in [6.07, 6.45) is 3.90. The summed E-state index contributed by atoms with van der Waals surface area (Å²) in [6, 6.07) is 3.89. The number of nitrogen functional groups attached to an aromatic ring is 1. The predicted octanol–water partition coefficient (Wildman–Crippen LogP) is -0.202. The molecule has 15 N–H and O–H groups in total. The number of amides is 7. The lowest BCUT2D eigenvalue weighted by atomic mass is 9.98. The van der Waals surface area contributed by atoms with Crippen molar-refractivity contribution in [3.63, 3.8) is 0 Å². The van der Waals surface area contributed by atoms with Gasteiger partial charge in [0.1, 0.15) is 42.3 Å². The Kier molecular flexibility index (Phi) is 23.6. The number of nitrogens with zero attached hydrogens (tertiary/aromatic N) is 3. The van der Waals surface area contributed by atoms with Gasteiger partial charge in [-0.25, -0.2) is 9.78 Å². The van der Waals surface area contributed by atoms with Crippen molar-refractivity contribution in [1.82, 2.24) is 52.1 Å². The summed E-state index contributed by atoms with van der Waals surface area (Å²) in [6.45, 7) is 7.05. The van der Waals surface area contributed by atoms with Crippen LogP contribution in [0, 0.1) is 19.0 Å². The largest absolute Gasteiger partial charge is 0.480 e. The fourth-order valence-corrected chi connectivity index (χ4v) is 10.0. The Hall–Kier alpha value is -6.10. The van der Waals surface area contributed by atoms with Crippen LogP contribution in [-0.2, 0) is 57.6 Å².